The molecule has 2 rings (SSSR count). The van der Waals surface area contributed by atoms with Gasteiger partial charge in [0.15, 0.2) is 6.61 Å². The van der Waals surface area contributed by atoms with Crippen LogP contribution in [0.25, 0.3) is 0 Å². The summed E-state index contributed by atoms with van der Waals surface area (Å²) in [5, 5.41) is 0. The summed E-state index contributed by atoms with van der Waals surface area (Å²) in [6.45, 7) is -0.717. The number of halogens is 3. The van der Waals surface area contributed by atoms with Crippen LogP contribution in [0.4, 0.5) is 18.9 Å². The first-order valence-corrected chi connectivity index (χ1v) is 6.61. The number of alkyl halides is 3. The van der Waals surface area contributed by atoms with Crippen molar-refractivity contribution in [3.63, 3.8) is 0 Å². The smallest absolute Gasteiger partial charge is 0.416 e. The number of hydrogen-bond acceptors (Lipinski definition) is 4. The lowest BCUT2D eigenvalue weighted by Gasteiger charge is -2.18. The fraction of sp³-hybridized carbons (Fsp3) is 0.357. The molecule has 0 unspecified atom stereocenters. The van der Waals surface area contributed by atoms with E-state index in [-0.39, 0.29) is 18.7 Å². The lowest BCUT2D eigenvalue weighted by Crippen LogP contribution is -2.28. The number of benzene rings is 1. The molecule has 6 nitrogen and oxygen atoms in total. The Morgan fingerprint density at radius 3 is 2.65 bits per heavy atom. The van der Waals surface area contributed by atoms with Crippen LogP contribution >= 0.6 is 0 Å². The van der Waals surface area contributed by atoms with Gasteiger partial charge in [0.05, 0.1) is 11.5 Å². The summed E-state index contributed by atoms with van der Waals surface area (Å²) >= 11 is 0. The first-order valence-electron chi connectivity index (χ1n) is 6.61. The number of esters is 1. The average molecular weight is 330 g/mol. The van der Waals surface area contributed by atoms with Gasteiger partial charge >= 0.3 is 12.1 Å². The number of hydrogen-bond donors (Lipinski definition) is 1. The molecule has 23 heavy (non-hydrogen) atoms. The minimum absolute atomic E-state index is 0.0510. The molecule has 124 valence electrons. The summed E-state index contributed by atoms with van der Waals surface area (Å²) in [4.78, 5) is 35.3. The molecule has 2 amide bonds. The lowest BCUT2D eigenvalue weighted by molar-refractivity contribution is -0.151. The van der Waals surface area contributed by atoms with E-state index in [1.165, 1.54) is 12.1 Å². The van der Waals surface area contributed by atoms with Crippen molar-refractivity contribution in [2.75, 3.05) is 18.1 Å². The predicted molar refractivity (Wildman–Crippen MR) is 72.1 cm³/mol. The Morgan fingerprint density at radius 2 is 2.04 bits per heavy atom. The number of carbonyl (C=O) groups excluding carboxylic acids is 3. The second kappa shape index (κ2) is 6.27. The van der Waals surface area contributed by atoms with Crippen molar-refractivity contribution in [1.29, 1.82) is 0 Å². The standard InChI is InChI=1S/C14H13F3N2O4/c15-14(16,17)9-2-1-3-10(5-9)19-6-8(4-12(19)21)13(22)23-7-11(18)20/h1-3,5,8H,4,6-7H2,(H2,18,20)/t8-/m0/s1. The Kier molecular flexibility index (Phi) is 4.57. The third-order valence-corrected chi connectivity index (χ3v) is 3.30. The molecule has 0 saturated carbocycles. The van der Waals surface area contributed by atoms with Crippen molar-refractivity contribution in [3.8, 4) is 0 Å². The highest BCUT2D eigenvalue weighted by molar-refractivity contribution is 5.99. The average Bonchev–Trinajstić information content (AvgIpc) is 2.86. The second-order valence-electron chi connectivity index (χ2n) is 5.03. The normalized spacial score (nSPS) is 18.1. The first kappa shape index (κ1) is 16.8. The Labute approximate surface area is 129 Å². The summed E-state index contributed by atoms with van der Waals surface area (Å²) in [6.07, 6.45) is -4.73. The minimum Gasteiger partial charge on any atom is -0.455 e. The highest BCUT2D eigenvalue weighted by Gasteiger charge is 2.37. The van der Waals surface area contributed by atoms with E-state index in [2.05, 4.69) is 4.74 Å². The van der Waals surface area contributed by atoms with Crippen LogP contribution in [0.1, 0.15) is 12.0 Å². The van der Waals surface area contributed by atoms with E-state index in [0.717, 1.165) is 17.0 Å². The molecule has 2 N–H and O–H groups in total. The Balaban J connectivity index is 2.12. The molecule has 1 fully saturated rings. The fourth-order valence-corrected chi connectivity index (χ4v) is 2.23. The Hall–Kier alpha value is -2.58. The molecule has 1 aromatic carbocycles. The van der Waals surface area contributed by atoms with Crippen LogP contribution in [0.2, 0.25) is 0 Å². The third-order valence-electron chi connectivity index (χ3n) is 3.30. The van der Waals surface area contributed by atoms with Gasteiger partial charge in [-0.15, -0.1) is 0 Å². The molecule has 1 aliphatic rings. The molecular formula is C14H13F3N2O4. The van der Waals surface area contributed by atoms with Crippen LogP contribution in [0.3, 0.4) is 0 Å². The van der Waals surface area contributed by atoms with E-state index in [4.69, 9.17) is 5.73 Å². The van der Waals surface area contributed by atoms with Crippen molar-refractivity contribution in [1.82, 2.24) is 0 Å². The summed E-state index contributed by atoms with van der Waals surface area (Å²) in [5.74, 6) is -2.97. The van der Waals surface area contributed by atoms with Crippen molar-refractivity contribution >= 4 is 23.5 Å². The minimum atomic E-state index is -4.53. The van der Waals surface area contributed by atoms with Crippen molar-refractivity contribution in [2.24, 2.45) is 11.7 Å². The highest BCUT2D eigenvalue weighted by Crippen LogP contribution is 2.33. The molecule has 0 bridgehead atoms. The summed E-state index contributed by atoms with van der Waals surface area (Å²) in [7, 11) is 0. The number of anilines is 1. The van der Waals surface area contributed by atoms with Gasteiger partial charge in [-0.1, -0.05) is 6.07 Å². The van der Waals surface area contributed by atoms with E-state index in [1.807, 2.05) is 0 Å². The number of rotatable bonds is 4. The van der Waals surface area contributed by atoms with Gasteiger partial charge in [0.1, 0.15) is 0 Å². The molecular weight excluding hydrogens is 317 g/mol. The number of primary amides is 1. The topological polar surface area (TPSA) is 89.7 Å². The van der Waals surface area contributed by atoms with Crippen LogP contribution in [-0.4, -0.2) is 30.9 Å². The fourth-order valence-electron chi connectivity index (χ4n) is 2.23. The van der Waals surface area contributed by atoms with Crippen molar-refractivity contribution in [3.05, 3.63) is 29.8 Å². The molecule has 0 aliphatic carbocycles. The molecule has 0 radical (unpaired) electrons. The van der Waals surface area contributed by atoms with Crippen LogP contribution in [-0.2, 0) is 25.3 Å². The van der Waals surface area contributed by atoms with E-state index in [1.54, 1.807) is 0 Å². The first-order chi connectivity index (χ1) is 10.7. The Bertz CT molecular complexity index is 645. The van der Waals surface area contributed by atoms with E-state index in [0.29, 0.717) is 0 Å². The zero-order chi connectivity index (χ0) is 17.2. The monoisotopic (exact) mass is 330 g/mol. The molecule has 0 spiro atoms. The molecule has 1 aliphatic heterocycles. The van der Waals surface area contributed by atoms with Crippen LogP contribution in [0, 0.1) is 5.92 Å². The predicted octanol–water partition coefficient (Wildman–Crippen LogP) is 1.09. The van der Waals surface area contributed by atoms with Gasteiger partial charge in [-0.2, -0.15) is 13.2 Å². The third kappa shape index (κ3) is 3.99. The van der Waals surface area contributed by atoms with E-state index < -0.39 is 42.0 Å². The largest absolute Gasteiger partial charge is 0.455 e. The Morgan fingerprint density at radius 1 is 1.35 bits per heavy atom. The SMILES string of the molecule is NC(=O)COC(=O)[C@H]1CC(=O)N(c2cccc(C(F)(F)F)c2)C1. The van der Waals surface area contributed by atoms with Crippen LogP contribution < -0.4 is 10.6 Å². The van der Waals surface area contributed by atoms with Crippen molar-refractivity contribution in [2.45, 2.75) is 12.6 Å². The second-order valence-corrected chi connectivity index (χ2v) is 5.03. The number of nitrogens with two attached hydrogens (primary N) is 1. The molecule has 1 saturated heterocycles. The molecule has 0 aromatic heterocycles. The molecule has 9 heteroatoms. The number of nitrogens with zero attached hydrogens (tertiary/aromatic N) is 1. The van der Waals surface area contributed by atoms with Crippen LogP contribution in [0.5, 0.6) is 0 Å². The maximum Gasteiger partial charge on any atom is 0.416 e. The van der Waals surface area contributed by atoms with E-state index >= 15 is 0 Å². The van der Waals surface area contributed by atoms with Gasteiger partial charge in [0.2, 0.25) is 5.91 Å². The summed E-state index contributed by atoms with van der Waals surface area (Å²) in [6, 6.07) is 4.27. The van der Waals surface area contributed by atoms with Gasteiger partial charge in [0, 0.05) is 18.7 Å². The number of carbonyl (C=O) groups is 3. The molecule has 1 heterocycles. The zero-order valence-corrected chi connectivity index (χ0v) is 11.8. The lowest BCUT2D eigenvalue weighted by atomic mass is 10.1. The zero-order valence-electron chi connectivity index (χ0n) is 11.8. The maximum absolute atomic E-state index is 12.7. The molecule has 1 aromatic rings. The van der Waals surface area contributed by atoms with Gasteiger partial charge in [-0.3, -0.25) is 14.4 Å². The van der Waals surface area contributed by atoms with Crippen LogP contribution in [0.15, 0.2) is 24.3 Å². The van der Waals surface area contributed by atoms with Gasteiger partial charge in [-0.05, 0) is 18.2 Å². The van der Waals surface area contributed by atoms with Crippen molar-refractivity contribution < 1.29 is 32.3 Å². The maximum atomic E-state index is 12.7. The highest BCUT2D eigenvalue weighted by atomic mass is 19.4. The number of ether oxygens (including phenoxy) is 1. The van der Waals surface area contributed by atoms with E-state index in [9.17, 15) is 27.6 Å². The number of amides is 2. The summed E-state index contributed by atoms with van der Waals surface area (Å²) < 4.78 is 42.8. The summed E-state index contributed by atoms with van der Waals surface area (Å²) in [5.41, 5.74) is 4.01. The quantitative estimate of drug-likeness (QED) is 0.837. The van der Waals surface area contributed by atoms with Gasteiger partial charge in [-0.25, -0.2) is 0 Å². The van der Waals surface area contributed by atoms with Gasteiger partial charge in [0.25, 0.3) is 5.91 Å². The van der Waals surface area contributed by atoms with Gasteiger partial charge < -0.3 is 15.4 Å². The molecule has 1 atom stereocenters.